The molecule has 15 heavy (non-hydrogen) atoms. The molecule has 0 radical (unpaired) electrons. The number of ether oxygens (including phenoxy) is 1. The summed E-state index contributed by atoms with van der Waals surface area (Å²) in [5.74, 6) is 0.669. The lowest BCUT2D eigenvalue weighted by Crippen LogP contribution is -2.12. The molecule has 1 rings (SSSR count). The Balaban J connectivity index is 2.44. The van der Waals surface area contributed by atoms with Crippen LogP contribution in [0, 0.1) is 5.41 Å². The summed E-state index contributed by atoms with van der Waals surface area (Å²) in [7, 11) is 0. The fourth-order valence-corrected chi connectivity index (χ4v) is 1.11. The van der Waals surface area contributed by atoms with Gasteiger partial charge in [0.1, 0.15) is 0 Å². The summed E-state index contributed by atoms with van der Waals surface area (Å²) < 4.78 is 5.56. The molecular formula is C12H20N2O. The summed E-state index contributed by atoms with van der Waals surface area (Å²) in [6.07, 6.45) is 1.02. The van der Waals surface area contributed by atoms with Crippen molar-refractivity contribution >= 4 is 0 Å². The van der Waals surface area contributed by atoms with Crippen molar-refractivity contribution in [1.82, 2.24) is 4.98 Å². The van der Waals surface area contributed by atoms with Gasteiger partial charge in [-0.15, -0.1) is 0 Å². The van der Waals surface area contributed by atoms with E-state index in [2.05, 4.69) is 25.8 Å². The fraction of sp³-hybridized carbons (Fsp3) is 0.583. The smallest absolute Gasteiger partial charge is 0.213 e. The van der Waals surface area contributed by atoms with Gasteiger partial charge in [0.2, 0.25) is 5.88 Å². The van der Waals surface area contributed by atoms with Crippen LogP contribution in [0.5, 0.6) is 5.88 Å². The van der Waals surface area contributed by atoms with E-state index in [0.29, 0.717) is 24.4 Å². The van der Waals surface area contributed by atoms with E-state index in [9.17, 15) is 0 Å². The molecule has 0 saturated heterocycles. The number of pyridine rings is 1. The van der Waals surface area contributed by atoms with Crippen molar-refractivity contribution in [3.8, 4) is 5.88 Å². The first-order valence-electron chi connectivity index (χ1n) is 5.30. The van der Waals surface area contributed by atoms with Gasteiger partial charge < -0.3 is 10.5 Å². The summed E-state index contributed by atoms with van der Waals surface area (Å²) in [6.45, 7) is 7.74. The van der Waals surface area contributed by atoms with Crippen LogP contribution in [0.3, 0.4) is 0 Å². The van der Waals surface area contributed by atoms with Gasteiger partial charge in [-0.05, 0) is 17.9 Å². The molecule has 0 bridgehead atoms. The largest absolute Gasteiger partial charge is 0.478 e. The SMILES string of the molecule is CC(C)(C)CCOc1cccc(CN)n1. The number of hydrogen-bond donors (Lipinski definition) is 1. The highest BCUT2D eigenvalue weighted by atomic mass is 16.5. The molecule has 1 aromatic heterocycles. The number of nitrogens with zero attached hydrogens (tertiary/aromatic N) is 1. The molecule has 0 aromatic carbocycles. The van der Waals surface area contributed by atoms with Crippen LogP contribution in [0.25, 0.3) is 0 Å². The Labute approximate surface area is 91.7 Å². The third-order valence-electron chi connectivity index (χ3n) is 2.09. The molecule has 84 valence electrons. The minimum atomic E-state index is 0.297. The second-order valence-electron chi connectivity index (χ2n) is 4.83. The van der Waals surface area contributed by atoms with E-state index in [4.69, 9.17) is 10.5 Å². The van der Waals surface area contributed by atoms with E-state index in [0.717, 1.165) is 12.1 Å². The number of hydrogen-bond acceptors (Lipinski definition) is 3. The van der Waals surface area contributed by atoms with E-state index in [1.54, 1.807) is 0 Å². The second-order valence-corrected chi connectivity index (χ2v) is 4.83. The highest BCUT2D eigenvalue weighted by molar-refractivity contribution is 5.15. The lowest BCUT2D eigenvalue weighted by molar-refractivity contribution is 0.236. The third-order valence-corrected chi connectivity index (χ3v) is 2.09. The lowest BCUT2D eigenvalue weighted by atomic mass is 9.93. The summed E-state index contributed by atoms with van der Waals surface area (Å²) in [6, 6.07) is 5.68. The molecular weight excluding hydrogens is 188 g/mol. The van der Waals surface area contributed by atoms with Crippen LogP contribution in [0.1, 0.15) is 32.9 Å². The molecule has 0 amide bonds. The molecule has 3 heteroatoms. The van der Waals surface area contributed by atoms with Gasteiger partial charge in [-0.1, -0.05) is 26.8 Å². The van der Waals surface area contributed by atoms with Crippen LogP contribution in [-0.2, 0) is 6.54 Å². The van der Waals surface area contributed by atoms with Crippen molar-refractivity contribution in [2.45, 2.75) is 33.7 Å². The predicted octanol–water partition coefficient (Wildman–Crippen LogP) is 2.36. The van der Waals surface area contributed by atoms with Crippen molar-refractivity contribution in [2.75, 3.05) is 6.61 Å². The van der Waals surface area contributed by atoms with Crippen molar-refractivity contribution in [1.29, 1.82) is 0 Å². The zero-order chi connectivity index (χ0) is 11.3. The van der Waals surface area contributed by atoms with Crippen molar-refractivity contribution in [3.05, 3.63) is 23.9 Å². The van der Waals surface area contributed by atoms with E-state index < -0.39 is 0 Å². The summed E-state index contributed by atoms with van der Waals surface area (Å²) in [5, 5.41) is 0. The first-order chi connectivity index (χ1) is 7.01. The van der Waals surface area contributed by atoms with Gasteiger partial charge in [0.15, 0.2) is 0 Å². The molecule has 0 spiro atoms. The summed E-state index contributed by atoms with van der Waals surface area (Å²) in [4.78, 5) is 4.26. The Kier molecular flexibility index (Phi) is 4.09. The zero-order valence-corrected chi connectivity index (χ0v) is 9.79. The molecule has 3 nitrogen and oxygen atoms in total. The second kappa shape index (κ2) is 5.12. The number of aromatic nitrogens is 1. The maximum absolute atomic E-state index is 5.56. The minimum absolute atomic E-state index is 0.297. The summed E-state index contributed by atoms with van der Waals surface area (Å²) >= 11 is 0. The van der Waals surface area contributed by atoms with Crippen LogP contribution >= 0.6 is 0 Å². The van der Waals surface area contributed by atoms with Crippen LogP contribution < -0.4 is 10.5 Å². The first-order valence-corrected chi connectivity index (χ1v) is 5.30. The molecule has 0 fully saturated rings. The van der Waals surface area contributed by atoms with Crippen LogP contribution in [-0.4, -0.2) is 11.6 Å². The monoisotopic (exact) mass is 208 g/mol. The quantitative estimate of drug-likeness (QED) is 0.826. The van der Waals surface area contributed by atoms with E-state index in [1.807, 2.05) is 18.2 Å². The van der Waals surface area contributed by atoms with Gasteiger partial charge in [0.05, 0.1) is 12.3 Å². The molecule has 1 heterocycles. The van der Waals surface area contributed by atoms with Gasteiger partial charge in [0, 0.05) is 12.6 Å². The van der Waals surface area contributed by atoms with E-state index >= 15 is 0 Å². The Morgan fingerprint density at radius 2 is 2.07 bits per heavy atom. The number of rotatable bonds is 4. The maximum atomic E-state index is 5.56. The number of nitrogens with two attached hydrogens (primary N) is 1. The normalized spacial score (nSPS) is 11.5. The zero-order valence-electron chi connectivity index (χ0n) is 9.79. The van der Waals surface area contributed by atoms with Gasteiger partial charge in [-0.25, -0.2) is 4.98 Å². The highest BCUT2D eigenvalue weighted by Crippen LogP contribution is 2.18. The molecule has 0 atom stereocenters. The molecule has 0 saturated carbocycles. The minimum Gasteiger partial charge on any atom is -0.478 e. The average molecular weight is 208 g/mol. The molecule has 1 aromatic rings. The molecule has 0 unspecified atom stereocenters. The maximum Gasteiger partial charge on any atom is 0.213 e. The topological polar surface area (TPSA) is 48.1 Å². The van der Waals surface area contributed by atoms with Crippen LogP contribution in [0.4, 0.5) is 0 Å². The van der Waals surface area contributed by atoms with Crippen molar-refractivity contribution < 1.29 is 4.74 Å². The van der Waals surface area contributed by atoms with Gasteiger partial charge in [-0.3, -0.25) is 0 Å². The van der Waals surface area contributed by atoms with Crippen molar-refractivity contribution in [3.63, 3.8) is 0 Å². The summed E-state index contributed by atoms with van der Waals surface area (Å²) in [5.41, 5.74) is 6.66. The standard InChI is InChI=1S/C12H20N2O/c1-12(2,3)7-8-15-11-6-4-5-10(9-13)14-11/h4-6H,7-9,13H2,1-3H3. The average Bonchev–Trinajstić information content (AvgIpc) is 2.16. The molecule has 0 aliphatic heterocycles. The molecule has 0 aliphatic carbocycles. The molecule has 2 N–H and O–H groups in total. The van der Waals surface area contributed by atoms with E-state index in [-0.39, 0.29) is 0 Å². The lowest BCUT2D eigenvalue weighted by Gasteiger charge is -2.17. The Hall–Kier alpha value is -1.09. The Bertz CT molecular complexity index is 305. The van der Waals surface area contributed by atoms with Gasteiger partial charge >= 0.3 is 0 Å². The third kappa shape index (κ3) is 4.79. The van der Waals surface area contributed by atoms with Crippen LogP contribution in [0.2, 0.25) is 0 Å². The fourth-order valence-electron chi connectivity index (χ4n) is 1.11. The van der Waals surface area contributed by atoms with Crippen molar-refractivity contribution in [2.24, 2.45) is 11.1 Å². The Morgan fingerprint density at radius 3 is 2.67 bits per heavy atom. The van der Waals surface area contributed by atoms with Gasteiger partial charge in [0.25, 0.3) is 0 Å². The Morgan fingerprint density at radius 1 is 1.33 bits per heavy atom. The molecule has 0 aliphatic rings. The van der Waals surface area contributed by atoms with E-state index in [1.165, 1.54) is 0 Å². The van der Waals surface area contributed by atoms with Gasteiger partial charge in [-0.2, -0.15) is 0 Å². The highest BCUT2D eigenvalue weighted by Gasteiger charge is 2.10. The first kappa shape index (κ1) is 12.0. The predicted molar refractivity (Wildman–Crippen MR) is 61.7 cm³/mol. The van der Waals surface area contributed by atoms with Crippen LogP contribution in [0.15, 0.2) is 18.2 Å².